The van der Waals surface area contributed by atoms with Crippen LogP contribution in [-0.2, 0) is 12.7 Å². The lowest BCUT2D eigenvalue weighted by atomic mass is 10.2. The van der Waals surface area contributed by atoms with Crippen LogP contribution in [0, 0.1) is 0 Å². The Morgan fingerprint density at radius 1 is 1.29 bits per heavy atom. The fourth-order valence-corrected chi connectivity index (χ4v) is 2.77. The number of ether oxygens (including phenoxy) is 1. The zero-order valence-corrected chi connectivity index (χ0v) is 15.4. The largest absolute Gasteiger partial charge is 0.439 e. The van der Waals surface area contributed by atoms with E-state index in [1.807, 2.05) is 0 Å². The van der Waals surface area contributed by atoms with Gasteiger partial charge in [-0.25, -0.2) is 9.37 Å². The van der Waals surface area contributed by atoms with Crippen molar-refractivity contribution in [3.63, 3.8) is 0 Å². The van der Waals surface area contributed by atoms with Gasteiger partial charge in [0.25, 0.3) is 5.91 Å². The van der Waals surface area contributed by atoms with E-state index in [0.717, 1.165) is 6.07 Å². The van der Waals surface area contributed by atoms with Crippen molar-refractivity contribution in [2.75, 3.05) is 13.1 Å². The number of likely N-dealkylation sites (tertiary alicyclic amines) is 1. The van der Waals surface area contributed by atoms with Crippen molar-refractivity contribution in [2.45, 2.75) is 25.3 Å². The minimum absolute atomic E-state index is 0. The first kappa shape index (κ1) is 21.9. The smallest absolute Gasteiger partial charge is 0.433 e. The number of pyridine rings is 1. The lowest BCUT2D eigenvalue weighted by Gasteiger charge is -2.16. The molecule has 1 unspecified atom stereocenters. The van der Waals surface area contributed by atoms with Gasteiger partial charge in [0.1, 0.15) is 17.6 Å². The number of halogens is 5. The molecule has 1 aromatic carbocycles. The Kier molecular flexibility index (Phi) is 6.84. The van der Waals surface area contributed by atoms with Gasteiger partial charge >= 0.3 is 6.18 Å². The average molecular weight is 420 g/mol. The van der Waals surface area contributed by atoms with Crippen LogP contribution in [0.5, 0.6) is 11.6 Å². The molecular formula is C18H18ClF4N3O2. The Morgan fingerprint density at radius 2 is 2.04 bits per heavy atom. The van der Waals surface area contributed by atoms with Gasteiger partial charge < -0.3 is 15.4 Å². The van der Waals surface area contributed by atoms with Gasteiger partial charge in [-0.1, -0.05) is 6.07 Å². The second-order valence-electron chi connectivity index (χ2n) is 6.17. The van der Waals surface area contributed by atoms with Crippen molar-refractivity contribution in [2.24, 2.45) is 5.73 Å². The summed E-state index contributed by atoms with van der Waals surface area (Å²) in [5.41, 5.74) is 4.80. The van der Waals surface area contributed by atoms with Crippen molar-refractivity contribution < 1.29 is 27.1 Å². The van der Waals surface area contributed by atoms with Crippen molar-refractivity contribution in [1.29, 1.82) is 0 Å². The summed E-state index contributed by atoms with van der Waals surface area (Å²) in [5.74, 6) is -0.494. The molecule has 1 fully saturated rings. The number of hydrogen-bond acceptors (Lipinski definition) is 4. The highest BCUT2D eigenvalue weighted by atomic mass is 35.5. The third-order valence-corrected chi connectivity index (χ3v) is 4.11. The molecule has 10 heteroatoms. The molecule has 1 saturated heterocycles. The maximum atomic E-state index is 13.3. The Labute approximate surface area is 164 Å². The predicted octanol–water partition coefficient (Wildman–Crippen LogP) is 3.96. The standard InChI is InChI=1S/C18H17F4N3O2.ClH/c19-13-4-5-25(10-13)17(26)12-2-1-3-14(8-12)27-16-7-11(9-23)6-15(24-16)18(20,21)22;/h1-3,6-8,13H,4-5,9-10,23H2;1H. The van der Waals surface area contributed by atoms with Crippen LogP contribution < -0.4 is 10.5 Å². The number of alkyl halides is 4. The minimum atomic E-state index is -4.64. The number of amides is 1. The van der Waals surface area contributed by atoms with Crippen LogP contribution in [0.25, 0.3) is 0 Å². The van der Waals surface area contributed by atoms with Gasteiger partial charge in [0, 0.05) is 24.7 Å². The molecule has 1 aliphatic rings. The SMILES string of the molecule is Cl.NCc1cc(Oc2cccc(C(=O)N3CCC(F)C3)c2)nc(C(F)(F)F)c1. The summed E-state index contributed by atoms with van der Waals surface area (Å²) in [6.07, 6.45) is -5.39. The molecule has 3 rings (SSSR count). The van der Waals surface area contributed by atoms with Crippen molar-refractivity contribution in [3.05, 3.63) is 53.2 Å². The number of hydrogen-bond donors (Lipinski definition) is 1. The Bertz CT molecular complexity index is 848. The van der Waals surface area contributed by atoms with E-state index in [-0.39, 0.29) is 60.6 Å². The van der Waals surface area contributed by atoms with E-state index in [1.165, 1.54) is 35.2 Å². The van der Waals surface area contributed by atoms with Gasteiger partial charge in [-0.2, -0.15) is 13.2 Å². The molecule has 0 radical (unpaired) electrons. The van der Waals surface area contributed by atoms with Crippen LogP contribution in [0.2, 0.25) is 0 Å². The summed E-state index contributed by atoms with van der Waals surface area (Å²) in [5, 5.41) is 0. The molecular weight excluding hydrogens is 402 g/mol. The molecule has 1 amide bonds. The van der Waals surface area contributed by atoms with Gasteiger partial charge in [0.15, 0.2) is 0 Å². The maximum absolute atomic E-state index is 13.3. The highest BCUT2D eigenvalue weighted by Crippen LogP contribution is 2.31. The molecule has 2 heterocycles. The summed E-state index contributed by atoms with van der Waals surface area (Å²) in [4.78, 5) is 17.3. The summed E-state index contributed by atoms with van der Waals surface area (Å²) in [6, 6.07) is 8.10. The molecule has 2 N–H and O–H groups in total. The molecule has 0 spiro atoms. The number of aromatic nitrogens is 1. The number of nitrogens with two attached hydrogens (primary N) is 1. The van der Waals surface area contributed by atoms with Gasteiger partial charge in [-0.05, 0) is 36.2 Å². The molecule has 2 aromatic rings. The fraction of sp³-hybridized carbons (Fsp3) is 0.333. The van der Waals surface area contributed by atoms with Gasteiger partial charge in [-0.3, -0.25) is 4.79 Å². The first-order valence-electron chi connectivity index (χ1n) is 8.26. The highest BCUT2D eigenvalue weighted by Gasteiger charge is 2.33. The average Bonchev–Trinajstić information content (AvgIpc) is 3.06. The fourth-order valence-electron chi connectivity index (χ4n) is 2.77. The van der Waals surface area contributed by atoms with E-state index >= 15 is 0 Å². The second-order valence-corrected chi connectivity index (χ2v) is 6.17. The van der Waals surface area contributed by atoms with Gasteiger partial charge in [-0.15, -0.1) is 12.4 Å². The van der Waals surface area contributed by atoms with Crippen LogP contribution >= 0.6 is 12.4 Å². The van der Waals surface area contributed by atoms with E-state index in [9.17, 15) is 22.4 Å². The third-order valence-electron chi connectivity index (χ3n) is 4.11. The molecule has 0 bridgehead atoms. The molecule has 1 aromatic heterocycles. The quantitative estimate of drug-likeness (QED) is 0.762. The van der Waals surface area contributed by atoms with Crippen LogP contribution in [0.15, 0.2) is 36.4 Å². The Balaban J connectivity index is 0.00000280. The maximum Gasteiger partial charge on any atom is 0.433 e. The van der Waals surface area contributed by atoms with Crippen molar-refractivity contribution in [3.8, 4) is 11.6 Å². The normalized spacial score (nSPS) is 16.6. The van der Waals surface area contributed by atoms with Crippen LogP contribution in [-0.4, -0.2) is 35.1 Å². The molecule has 28 heavy (non-hydrogen) atoms. The molecule has 152 valence electrons. The number of nitrogens with zero attached hydrogens (tertiary/aromatic N) is 2. The van der Waals surface area contributed by atoms with E-state index in [0.29, 0.717) is 6.54 Å². The second kappa shape index (κ2) is 8.74. The van der Waals surface area contributed by atoms with E-state index in [4.69, 9.17) is 10.5 Å². The number of rotatable bonds is 4. The molecule has 1 aliphatic heterocycles. The van der Waals surface area contributed by atoms with Crippen LogP contribution in [0.1, 0.15) is 28.0 Å². The Morgan fingerprint density at radius 3 is 2.64 bits per heavy atom. The minimum Gasteiger partial charge on any atom is -0.439 e. The Hall–Kier alpha value is -2.39. The topological polar surface area (TPSA) is 68.5 Å². The summed E-state index contributed by atoms with van der Waals surface area (Å²) < 4.78 is 57.6. The molecule has 0 saturated carbocycles. The van der Waals surface area contributed by atoms with Crippen LogP contribution in [0.3, 0.4) is 0 Å². The van der Waals surface area contributed by atoms with Crippen molar-refractivity contribution in [1.82, 2.24) is 9.88 Å². The lowest BCUT2D eigenvalue weighted by molar-refractivity contribution is -0.141. The highest BCUT2D eigenvalue weighted by molar-refractivity contribution is 5.94. The lowest BCUT2D eigenvalue weighted by Crippen LogP contribution is -2.28. The monoisotopic (exact) mass is 419 g/mol. The predicted molar refractivity (Wildman–Crippen MR) is 96.3 cm³/mol. The number of carbonyl (C=O) groups is 1. The summed E-state index contributed by atoms with van der Waals surface area (Å²) in [7, 11) is 0. The zero-order valence-electron chi connectivity index (χ0n) is 14.6. The molecule has 1 atom stereocenters. The van der Waals surface area contributed by atoms with Gasteiger partial charge in [0.2, 0.25) is 5.88 Å². The first-order chi connectivity index (χ1) is 12.8. The van der Waals surface area contributed by atoms with E-state index < -0.39 is 18.0 Å². The third kappa shape index (κ3) is 5.11. The number of carbonyl (C=O) groups excluding carboxylic acids is 1. The summed E-state index contributed by atoms with van der Waals surface area (Å²) >= 11 is 0. The summed E-state index contributed by atoms with van der Waals surface area (Å²) in [6.45, 7) is 0.235. The van der Waals surface area contributed by atoms with E-state index in [1.54, 1.807) is 0 Å². The van der Waals surface area contributed by atoms with E-state index in [2.05, 4.69) is 4.98 Å². The molecule has 5 nitrogen and oxygen atoms in total. The van der Waals surface area contributed by atoms with Crippen molar-refractivity contribution >= 4 is 18.3 Å². The molecule has 0 aliphatic carbocycles. The first-order valence-corrected chi connectivity index (χ1v) is 8.26. The van der Waals surface area contributed by atoms with Crippen LogP contribution in [0.4, 0.5) is 17.6 Å². The van der Waals surface area contributed by atoms with Gasteiger partial charge in [0.05, 0.1) is 6.54 Å². The number of benzene rings is 1. The zero-order chi connectivity index (χ0) is 19.6.